The molecule has 0 spiro atoms. The zero-order chi connectivity index (χ0) is 16.1. The summed E-state index contributed by atoms with van der Waals surface area (Å²) in [5, 5.41) is 3.00. The third kappa shape index (κ3) is 4.35. The molecule has 0 bridgehead atoms. The lowest BCUT2D eigenvalue weighted by Crippen LogP contribution is -2.24. The van der Waals surface area contributed by atoms with Gasteiger partial charge in [0, 0.05) is 25.3 Å². The lowest BCUT2D eigenvalue weighted by Gasteiger charge is -2.17. The molecular weight excluding hydrogens is 284 g/mol. The number of carbonyl (C=O) groups is 1. The molecule has 23 heavy (non-hydrogen) atoms. The van der Waals surface area contributed by atoms with E-state index >= 15 is 0 Å². The van der Waals surface area contributed by atoms with Gasteiger partial charge in [-0.15, -0.1) is 0 Å². The third-order valence-electron chi connectivity index (χ3n) is 4.34. The van der Waals surface area contributed by atoms with Gasteiger partial charge in [0.25, 0.3) is 0 Å². The van der Waals surface area contributed by atoms with Crippen molar-refractivity contribution in [3.8, 4) is 0 Å². The zero-order valence-electron chi connectivity index (χ0n) is 13.7. The van der Waals surface area contributed by atoms with E-state index < -0.39 is 0 Å². The van der Waals surface area contributed by atoms with Crippen molar-refractivity contribution < 1.29 is 4.79 Å². The molecule has 0 atom stereocenters. The molecule has 0 unspecified atom stereocenters. The Morgan fingerprint density at radius 3 is 2.48 bits per heavy atom. The zero-order valence-corrected chi connectivity index (χ0v) is 13.7. The first-order chi connectivity index (χ1) is 11.2. The number of hydrogen-bond donors (Lipinski definition) is 1. The van der Waals surface area contributed by atoms with Crippen LogP contribution in [0, 0.1) is 6.92 Å². The monoisotopic (exact) mass is 308 g/mol. The van der Waals surface area contributed by atoms with Crippen molar-refractivity contribution in [2.45, 2.75) is 32.7 Å². The first-order valence-electron chi connectivity index (χ1n) is 8.37. The number of nitrogens with one attached hydrogen (secondary N) is 1. The van der Waals surface area contributed by atoms with Crippen LogP contribution in [-0.4, -0.2) is 19.0 Å². The Kier molecular flexibility index (Phi) is 4.96. The minimum absolute atomic E-state index is 0.0698. The van der Waals surface area contributed by atoms with Crippen LogP contribution in [0.1, 0.15) is 29.5 Å². The molecule has 3 heteroatoms. The summed E-state index contributed by atoms with van der Waals surface area (Å²) < 4.78 is 0. The number of amides is 1. The van der Waals surface area contributed by atoms with E-state index in [-0.39, 0.29) is 5.91 Å². The first-order valence-corrected chi connectivity index (χ1v) is 8.37. The van der Waals surface area contributed by atoms with Gasteiger partial charge in [0.1, 0.15) is 0 Å². The Bertz CT molecular complexity index is 658. The Labute approximate surface area is 138 Å². The molecule has 1 aliphatic rings. The molecule has 3 rings (SSSR count). The van der Waals surface area contributed by atoms with Gasteiger partial charge in [-0.2, -0.15) is 0 Å². The fourth-order valence-corrected chi connectivity index (χ4v) is 3.07. The highest BCUT2D eigenvalue weighted by molar-refractivity contribution is 5.78. The molecule has 0 aromatic heterocycles. The molecule has 2 aromatic rings. The van der Waals surface area contributed by atoms with Gasteiger partial charge in [0.2, 0.25) is 5.91 Å². The van der Waals surface area contributed by atoms with E-state index in [0.29, 0.717) is 13.0 Å². The summed E-state index contributed by atoms with van der Waals surface area (Å²) in [6, 6.07) is 16.6. The number of benzene rings is 2. The second kappa shape index (κ2) is 7.32. The van der Waals surface area contributed by atoms with E-state index in [1.165, 1.54) is 24.1 Å². The van der Waals surface area contributed by atoms with Crippen molar-refractivity contribution in [3.63, 3.8) is 0 Å². The summed E-state index contributed by atoms with van der Waals surface area (Å²) in [5.41, 5.74) is 4.69. The van der Waals surface area contributed by atoms with Crippen molar-refractivity contribution in [1.82, 2.24) is 5.32 Å². The van der Waals surface area contributed by atoms with Crippen LogP contribution in [0.2, 0.25) is 0 Å². The number of nitrogens with zero attached hydrogens (tertiary/aromatic N) is 1. The molecule has 0 saturated carbocycles. The maximum Gasteiger partial charge on any atom is 0.224 e. The van der Waals surface area contributed by atoms with E-state index in [1.807, 2.05) is 12.1 Å². The number of hydrogen-bond acceptors (Lipinski definition) is 2. The molecule has 3 nitrogen and oxygen atoms in total. The van der Waals surface area contributed by atoms with Crippen LogP contribution in [0.5, 0.6) is 0 Å². The predicted octanol–water partition coefficient (Wildman–Crippen LogP) is 3.45. The van der Waals surface area contributed by atoms with E-state index in [0.717, 1.165) is 24.2 Å². The molecule has 0 radical (unpaired) electrons. The van der Waals surface area contributed by atoms with Gasteiger partial charge < -0.3 is 10.2 Å². The quantitative estimate of drug-likeness (QED) is 0.917. The lowest BCUT2D eigenvalue weighted by atomic mass is 10.1. The molecular formula is C20H24N2O. The molecule has 1 fully saturated rings. The highest BCUT2D eigenvalue weighted by Gasteiger charge is 2.12. The molecule has 1 saturated heterocycles. The summed E-state index contributed by atoms with van der Waals surface area (Å²) in [6.07, 6.45) is 3.00. The molecule has 1 amide bonds. The van der Waals surface area contributed by atoms with Crippen LogP contribution in [0.4, 0.5) is 5.69 Å². The highest BCUT2D eigenvalue weighted by Crippen LogP contribution is 2.20. The number of rotatable bonds is 5. The van der Waals surface area contributed by atoms with Crippen LogP contribution in [0.15, 0.2) is 48.5 Å². The van der Waals surface area contributed by atoms with Gasteiger partial charge in [0.05, 0.1) is 6.42 Å². The van der Waals surface area contributed by atoms with Gasteiger partial charge in [-0.05, 0) is 43.0 Å². The maximum atomic E-state index is 12.1. The molecule has 0 aliphatic carbocycles. The van der Waals surface area contributed by atoms with Gasteiger partial charge in [-0.3, -0.25) is 4.79 Å². The summed E-state index contributed by atoms with van der Waals surface area (Å²) in [5.74, 6) is 0.0698. The third-order valence-corrected chi connectivity index (χ3v) is 4.34. The second-order valence-electron chi connectivity index (χ2n) is 6.30. The SMILES string of the molecule is Cc1cccc(CNC(=O)Cc2ccc(N3CCCC3)cc2)c1. The van der Waals surface area contributed by atoms with E-state index in [2.05, 4.69) is 53.5 Å². The molecule has 120 valence electrons. The van der Waals surface area contributed by atoms with E-state index in [9.17, 15) is 4.79 Å². The molecule has 1 heterocycles. The van der Waals surface area contributed by atoms with Crippen LogP contribution >= 0.6 is 0 Å². The minimum Gasteiger partial charge on any atom is -0.372 e. The van der Waals surface area contributed by atoms with Gasteiger partial charge in [-0.1, -0.05) is 42.0 Å². The fraction of sp³-hybridized carbons (Fsp3) is 0.350. The standard InChI is InChI=1S/C20H24N2O/c1-16-5-4-6-18(13-16)15-21-20(23)14-17-7-9-19(10-8-17)22-11-2-3-12-22/h4-10,13H,2-3,11-12,14-15H2,1H3,(H,21,23). The topological polar surface area (TPSA) is 32.3 Å². The number of aryl methyl sites for hydroxylation is 1. The highest BCUT2D eigenvalue weighted by atomic mass is 16.1. The summed E-state index contributed by atoms with van der Waals surface area (Å²) in [7, 11) is 0. The lowest BCUT2D eigenvalue weighted by molar-refractivity contribution is -0.120. The Balaban J connectivity index is 1.51. The Morgan fingerprint density at radius 1 is 1.04 bits per heavy atom. The Morgan fingerprint density at radius 2 is 1.78 bits per heavy atom. The smallest absolute Gasteiger partial charge is 0.224 e. The number of carbonyl (C=O) groups excluding carboxylic acids is 1. The van der Waals surface area contributed by atoms with Crippen molar-refractivity contribution in [1.29, 1.82) is 0 Å². The van der Waals surface area contributed by atoms with E-state index in [4.69, 9.17) is 0 Å². The maximum absolute atomic E-state index is 12.1. The average Bonchev–Trinajstić information content (AvgIpc) is 3.08. The summed E-state index contributed by atoms with van der Waals surface area (Å²) >= 11 is 0. The minimum atomic E-state index is 0.0698. The average molecular weight is 308 g/mol. The van der Waals surface area contributed by atoms with Gasteiger partial charge in [0.15, 0.2) is 0 Å². The summed E-state index contributed by atoms with van der Waals surface area (Å²) in [4.78, 5) is 14.5. The van der Waals surface area contributed by atoms with Crippen LogP contribution < -0.4 is 10.2 Å². The van der Waals surface area contributed by atoms with E-state index in [1.54, 1.807) is 0 Å². The number of anilines is 1. The van der Waals surface area contributed by atoms with Gasteiger partial charge in [-0.25, -0.2) is 0 Å². The first kappa shape index (κ1) is 15.6. The normalized spacial score (nSPS) is 14.0. The largest absolute Gasteiger partial charge is 0.372 e. The van der Waals surface area contributed by atoms with Crippen molar-refractivity contribution in [2.75, 3.05) is 18.0 Å². The summed E-state index contributed by atoms with van der Waals surface area (Å²) in [6.45, 7) is 4.95. The van der Waals surface area contributed by atoms with Crippen LogP contribution in [0.3, 0.4) is 0 Å². The van der Waals surface area contributed by atoms with Crippen LogP contribution in [0.25, 0.3) is 0 Å². The molecule has 1 N–H and O–H groups in total. The van der Waals surface area contributed by atoms with Gasteiger partial charge >= 0.3 is 0 Å². The predicted molar refractivity (Wildman–Crippen MR) is 94.6 cm³/mol. The van der Waals surface area contributed by atoms with Crippen LogP contribution in [-0.2, 0) is 17.8 Å². The molecule has 2 aromatic carbocycles. The fourth-order valence-electron chi connectivity index (χ4n) is 3.07. The van der Waals surface area contributed by atoms with Crippen molar-refractivity contribution in [3.05, 3.63) is 65.2 Å². The molecule has 1 aliphatic heterocycles. The van der Waals surface area contributed by atoms with Crippen molar-refractivity contribution in [2.24, 2.45) is 0 Å². The van der Waals surface area contributed by atoms with Crippen molar-refractivity contribution >= 4 is 11.6 Å². The Hall–Kier alpha value is -2.29. The second-order valence-corrected chi connectivity index (χ2v) is 6.30.